The molecule has 1 amide bonds. The molecule has 1 N–H and O–H groups in total. The number of thioether (sulfide) groups is 1. The van der Waals surface area contributed by atoms with E-state index in [4.69, 9.17) is 16.3 Å². The third-order valence-electron chi connectivity index (χ3n) is 3.33. The second kappa shape index (κ2) is 7.88. The van der Waals surface area contributed by atoms with Crippen molar-refractivity contribution in [2.75, 3.05) is 12.9 Å². The van der Waals surface area contributed by atoms with E-state index in [1.54, 1.807) is 18.4 Å². The smallest absolute Gasteiger partial charge is 0.230 e. The van der Waals surface area contributed by atoms with Crippen LogP contribution in [0.2, 0.25) is 5.02 Å². The van der Waals surface area contributed by atoms with E-state index < -0.39 is 0 Å². The van der Waals surface area contributed by atoms with Crippen LogP contribution in [0, 0.1) is 0 Å². The van der Waals surface area contributed by atoms with Crippen molar-refractivity contribution in [3.63, 3.8) is 0 Å². The first-order valence-corrected chi connectivity index (χ1v) is 9.41. The number of aromatic nitrogens is 1. The minimum Gasteiger partial charge on any atom is -0.496 e. The number of hydrogen-bond acceptors (Lipinski definition) is 5. The van der Waals surface area contributed by atoms with Crippen LogP contribution in [0.3, 0.4) is 0 Å². The molecule has 3 rings (SSSR count). The van der Waals surface area contributed by atoms with E-state index >= 15 is 0 Å². The maximum atomic E-state index is 12.0. The van der Waals surface area contributed by atoms with Crippen LogP contribution in [0.25, 0.3) is 10.2 Å². The fraction of sp³-hybridized carbons (Fsp3) is 0.176. The SMILES string of the molecule is COc1ccccc1CNC(=O)CSc1nc2cc(Cl)ccc2s1. The van der Waals surface area contributed by atoms with Crippen molar-refractivity contribution in [2.45, 2.75) is 10.9 Å². The van der Waals surface area contributed by atoms with Crippen molar-refractivity contribution in [1.29, 1.82) is 0 Å². The highest BCUT2D eigenvalue weighted by Gasteiger charge is 2.09. The van der Waals surface area contributed by atoms with E-state index in [-0.39, 0.29) is 5.91 Å². The first-order valence-electron chi connectivity index (χ1n) is 7.23. The highest BCUT2D eigenvalue weighted by atomic mass is 35.5. The molecule has 3 aromatic rings. The zero-order valence-electron chi connectivity index (χ0n) is 12.9. The molecule has 0 radical (unpaired) electrons. The zero-order chi connectivity index (χ0) is 16.9. The summed E-state index contributed by atoms with van der Waals surface area (Å²) >= 11 is 8.95. The van der Waals surface area contributed by atoms with Gasteiger partial charge in [0.15, 0.2) is 4.34 Å². The maximum Gasteiger partial charge on any atom is 0.230 e. The topological polar surface area (TPSA) is 51.2 Å². The van der Waals surface area contributed by atoms with Crippen molar-refractivity contribution in [1.82, 2.24) is 10.3 Å². The van der Waals surface area contributed by atoms with E-state index in [1.807, 2.05) is 42.5 Å². The van der Waals surface area contributed by atoms with Gasteiger partial charge in [0.1, 0.15) is 5.75 Å². The molecule has 4 nitrogen and oxygen atoms in total. The Bertz CT molecular complexity index is 867. The van der Waals surface area contributed by atoms with Gasteiger partial charge in [-0.3, -0.25) is 4.79 Å². The number of benzene rings is 2. The largest absolute Gasteiger partial charge is 0.496 e. The molecule has 0 aliphatic heterocycles. The van der Waals surface area contributed by atoms with Crippen LogP contribution < -0.4 is 10.1 Å². The van der Waals surface area contributed by atoms with Crippen molar-refractivity contribution < 1.29 is 9.53 Å². The Hall–Kier alpha value is -1.76. The molecule has 1 aromatic heterocycles. The number of halogens is 1. The van der Waals surface area contributed by atoms with Crippen molar-refractivity contribution in [2.24, 2.45) is 0 Å². The van der Waals surface area contributed by atoms with Crippen molar-refractivity contribution >= 4 is 50.8 Å². The molecule has 1 heterocycles. The van der Waals surface area contributed by atoms with Gasteiger partial charge in [-0.2, -0.15) is 0 Å². The molecule has 24 heavy (non-hydrogen) atoms. The summed E-state index contributed by atoms with van der Waals surface area (Å²) in [5.41, 5.74) is 1.82. The minimum atomic E-state index is -0.0387. The molecule has 0 aliphatic rings. The molecule has 7 heteroatoms. The minimum absolute atomic E-state index is 0.0387. The van der Waals surface area contributed by atoms with Crippen LogP contribution in [0.5, 0.6) is 5.75 Å². The number of nitrogens with zero attached hydrogens (tertiary/aromatic N) is 1. The lowest BCUT2D eigenvalue weighted by Gasteiger charge is -2.09. The molecule has 124 valence electrons. The van der Waals surface area contributed by atoms with Crippen LogP contribution >= 0.6 is 34.7 Å². The van der Waals surface area contributed by atoms with Gasteiger partial charge >= 0.3 is 0 Å². The summed E-state index contributed by atoms with van der Waals surface area (Å²) in [7, 11) is 1.62. The molecule has 0 saturated carbocycles. The van der Waals surface area contributed by atoms with E-state index in [0.717, 1.165) is 25.9 Å². The Morgan fingerprint density at radius 1 is 1.33 bits per heavy atom. The van der Waals surface area contributed by atoms with Gasteiger partial charge in [0, 0.05) is 17.1 Å². The van der Waals surface area contributed by atoms with Crippen LogP contribution in [0.4, 0.5) is 0 Å². The number of amides is 1. The lowest BCUT2D eigenvalue weighted by Crippen LogP contribution is -2.24. The van der Waals surface area contributed by atoms with E-state index in [2.05, 4.69) is 10.3 Å². The van der Waals surface area contributed by atoms with Crippen LogP contribution in [-0.4, -0.2) is 23.8 Å². The molecule has 0 bridgehead atoms. The zero-order valence-corrected chi connectivity index (χ0v) is 15.3. The molecule has 0 unspecified atom stereocenters. The summed E-state index contributed by atoms with van der Waals surface area (Å²) in [5.74, 6) is 1.06. The predicted octanol–water partition coefficient (Wildman–Crippen LogP) is 4.37. The summed E-state index contributed by atoms with van der Waals surface area (Å²) in [5, 5.41) is 3.57. The van der Waals surface area contributed by atoms with Gasteiger partial charge in [-0.1, -0.05) is 41.6 Å². The van der Waals surface area contributed by atoms with Crippen LogP contribution in [0.15, 0.2) is 46.8 Å². The highest BCUT2D eigenvalue weighted by molar-refractivity contribution is 8.01. The number of hydrogen-bond donors (Lipinski definition) is 1. The molecule has 0 fully saturated rings. The molecular weight excluding hydrogens is 364 g/mol. The Morgan fingerprint density at radius 2 is 2.17 bits per heavy atom. The lowest BCUT2D eigenvalue weighted by molar-refractivity contribution is -0.118. The van der Waals surface area contributed by atoms with Crippen LogP contribution in [0.1, 0.15) is 5.56 Å². The van der Waals surface area contributed by atoms with Gasteiger partial charge in [0.05, 0.1) is 23.1 Å². The fourth-order valence-electron chi connectivity index (χ4n) is 2.16. The highest BCUT2D eigenvalue weighted by Crippen LogP contribution is 2.30. The van der Waals surface area contributed by atoms with Crippen LogP contribution in [-0.2, 0) is 11.3 Å². The second-order valence-corrected chi connectivity index (χ2v) is 7.66. The molecular formula is C17H15ClN2O2S2. The number of nitrogens with one attached hydrogen (secondary N) is 1. The average Bonchev–Trinajstić information content (AvgIpc) is 3.00. The molecule has 2 aromatic carbocycles. The summed E-state index contributed by atoms with van der Waals surface area (Å²) < 4.78 is 7.20. The van der Waals surface area contributed by atoms with E-state index in [1.165, 1.54) is 11.8 Å². The van der Waals surface area contributed by atoms with Gasteiger partial charge < -0.3 is 10.1 Å². The third kappa shape index (κ3) is 4.20. The Kier molecular flexibility index (Phi) is 5.60. The third-order valence-corrected chi connectivity index (χ3v) is 5.74. The van der Waals surface area contributed by atoms with Gasteiger partial charge in [0.2, 0.25) is 5.91 Å². The van der Waals surface area contributed by atoms with Gasteiger partial charge in [-0.15, -0.1) is 11.3 Å². The number of thiazole rings is 1. The standard InChI is InChI=1S/C17H15ClN2O2S2/c1-22-14-5-3-2-4-11(14)9-19-16(21)10-23-17-20-13-8-12(18)6-7-15(13)24-17/h2-8H,9-10H2,1H3,(H,19,21). The van der Waals surface area contributed by atoms with Gasteiger partial charge in [-0.05, 0) is 24.3 Å². The average molecular weight is 379 g/mol. The fourth-order valence-corrected chi connectivity index (χ4v) is 4.21. The monoisotopic (exact) mass is 378 g/mol. The summed E-state index contributed by atoms with van der Waals surface area (Å²) in [6.07, 6.45) is 0. The summed E-state index contributed by atoms with van der Waals surface area (Å²) in [4.78, 5) is 16.5. The Balaban J connectivity index is 1.55. The Labute approximate surface area is 153 Å². The number of para-hydroxylation sites is 1. The summed E-state index contributed by atoms with van der Waals surface area (Å²) in [6.45, 7) is 0.443. The van der Waals surface area contributed by atoms with E-state index in [0.29, 0.717) is 17.3 Å². The number of methoxy groups -OCH3 is 1. The molecule has 0 aliphatic carbocycles. The number of ether oxygens (including phenoxy) is 1. The number of rotatable bonds is 6. The first-order chi connectivity index (χ1) is 11.7. The first kappa shape index (κ1) is 17.1. The normalized spacial score (nSPS) is 10.8. The quantitative estimate of drug-likeness (QED) is 0.647. The van der Waals surface area contributed by atoms with E-state index in [9.17, 15) is 4.79 Å². The molecule has 0 saturated heterocycles. The second-order valence-electron chi connectivity index (χ2n) is 4.97. The van der Waals surface area contributed by atoms with Gasteiger partial charge in [0.25, 0.3) is 0 Å². The Morgan fingerprint density at radius 3 is 3.00 bits per heavy atom. The molecule has 0 spiro atoms. The lowest BCUT2D eigenvalue weighted by atomic mass is 10.2. The van der Waals surface area contributed by atoms with Crippen molar-refractivity contribution in [3.8, 4) is 5.75 Å². The van der Waals surface area contributed by atoms with Crippen molar-refractivity contribution in [3.05, 3.63) is 53.1 Å². The number of carbonyl (C=O) groups is 1. The van der Waals surface area contributed by atoms with Gasteiger partial charge in [-0.25, -0.2) is 4.98 Å². The number of carbonyl (C=O) groups excluding carboxylic acids is 1. The molecule has 0 atom stereocenters. The number of fused-ring (bicyclic) bond motifs is 1. The predicted molar refractivity (Wildman–Crippen MR) is 100 cm³/mol. The maximum absolute atomic E-state index is 12.0. The summed E-state index contributed by atoms with van der Waals surface area (Å²) in [6, 6.07) is 13.3.